The van der Waals surface area contributed by atoms with E-state index in [1.54, 1.807) is 0 Å². The van der Waals surface area contributed by atoms with Crippen molar-refractivity contribution in [1.29, 1.82) is 0 Å². The average Bonchev–Trinajstić information content (AvgIpc) is 2.61. The van der Waals surface area contributed by atoms with E-state index in [1.807, 2.05) is 6.21 Å². The van der Waals surface area contributed by atoms with Gasteiger partial charge in [-0.3, -0.25) is 10.3 Å². The third-order valence-corrected chi connectivity index (χ3v) is 3.56. The lowest BCUT2D eigenvalue weighted by Gasteiger charge is -2.10. The molecule has 1 aromatic rings. The minimum Gasteiger partial charge on any atom is -0.287 e. The average molecular weight is 398 g/mol. The van der Waals surface area contributed by atoms with Crippen LogP contribution < -0.4 is 5.32 Å². The third-order valence-electron chi connectivity index (χ3n) is 1.91. The summed E-state index contributed by atoms with van der Waals surface area (Å²) in [6.07, 6.45) is 2.10. The van der Waals surface area contributed by atoms with Crippen LogP contribution in [0.15, 0.2) is 23.2 Å². The Bertz CT molecular complexity index is 349. The fourth-order valence-corrected chi connectivity index (χ4v) is 2.44. The standard InChI is InChI=1S/C9H8I2N2/c10-6-1-2-8(11)7(5-6)9-12-3-4-13-9/h1-3,5,9,13H,4H2. The van der Waals surface area contributed by atoms with E-state index in [4.69, 9.17) is 0 Å². The highest BCUT2D eigenvalue weighted by Gasteiger charge is 2.14. The lowest BCUT2D eigenvalue weighted by Crippen LogP contribution is -2.15. The minimum absolute atomic E-state index is 0.168. The number of benzene rings is 1. The lowest BCUT2D eigenvalue weighted by molar-refractivity contribution is 0.640. The summed E-state index contributed by atoms with van der Waals surface area (Å²) in [5.74, 6) is 0. The first kappa shape index (κ1) is 9.85. The van der Waals surface area contributed by atoms with Crippen LogP contribution in [-0.2, 0) is 0 Å². The summed E-state index contributed by atoms with van der Waals surface area (Å²) in [4.78, 5) is 4.36. The van der Waals surface area contributed by atoms with Gasteiger partial charge in [0.15, 0.2) is 0 Å². The minimum atomic E-state index is 0.168. The molecule has 4 heteroatoms. The Balaban J connectivity index is 2.37. The third kappa shape index (κ3) is 2.21. The first-order valence-electron chi connectivity index (χ1n) is 3.97. The molecule has 1 atom stereocenters. The summed E-state index contributed by atoms with van der Waals surface area (Å²) in [6, 6.07) is 6.43. The molecule has 1 aliphatic rings. The summed E-state index contributed by atoms with van der Waals surface area (Å²) in [6.45, 7) is 0.881. The van der Waals surface area contributed by atoms with Crippen molar-refractivity contribution in [3.63, 3.8) is 0 Å². The molecule has 0 bridgehead atoms. The van der Waals surface area contributed by atoms with Gasteiger partial charge in [-0.05, 0) is 63.4 Å². The zero-order valence-electron chi connectivity index (χ0n) is 6.80. The highest BCUT2D eigenvalue weighted by molar-refractivity contribution is 14.1. The van der Waals surface area contributed by atoms with E-state index < -0.39 is 0 Å². The van der Waals surface area contributed by atoms with Gasteiger partial charge in [0, 0.05) is 25.5 Å². The fraction of sp³-hybridized carbons (Fsp3) is 0.222. The SMILES string of the molecule is Ic1ccc(I)c(C2N=CCN2)c1. The summed E-state index contributed by atoms with van der Waals surface area (Å²) < 4.78 is 2.53. The van der Waals surface area contributed by atoms with Crippen LogP contribution in [-0.4, -0.2) is 12.8 Å². The zero-order valence-corrected chi connectivity index (χ0v) is 11.1. The van der Waals surface area contributed by atoms with E-state index in [1.165, 1.54) is 12.7 Å². The largest absolute Gasteiger partial charge is 0.287 e. The molecule has 68 valence electrons. The molecule has 13 heavy (non-hydrogen) atoms. The predicted molar refractivity (Wildman–Crippen MR) is 71.1 cm³/mol. The van der Waals surface area contributed by atoms with Gasteiger partial charge in [0.2, 0.25) is 0 Å². The zero-order chi connectivity index (χ0) is 9.26. The number of nitrogens with one attached hydrogen (secondary N) is 1. The second-order valence-corrected chi connectivity index (χ2v) is 5.22. The van der Waals surface area contributed by atoms with Crippen molar-refractivity contribution in [3.8, 4) is 0 Å². The molecule has 2 rings (SSSR count). The molecule has 2 nitrogen and oxygen atoms in total. The number of halogens is 2. The van der Waals surface area contributed by atoms with E-state index in [-0.39, 0.29) is 6.17 Å². The van der Waals surface area contributed by atoms with Gasteiger partial charge in [0.05, 0.1) is 0 Å². The molecule has 0 aromatic heterocycles. The number of aliphatic imine (C=N–C) groups is 1. The summed E-state index contributed by atoms with van der Waals surface area (Å²) in [5.41, 5.74) is 1.28. The Labute approximate surface area is 104 Å². The maximum Gasteiger partial charge on any atom is 0.126 e. The quantitative estimate of drug-likeness (QED) is 0.723. The van der Waals surface area contributed by atoms with Gasteiger partial charge in [-0.1, -0.05) is 0 Å². The molecule has 0 amide bonds. The Hall–Kier alpha value is 0.310. The van der Waals surface area contributed by atoms with E-state index in [9.17, 15) is 0 Å². The number of nitrogens with zero attached hydrogens (tertiary/aromatic N) is 1. The highest BCUT2D eigenvalue weighted by Crippen LogP contribution is 2.24. The topological polar surface area (TPSA) is 24.4 Å². The predicted octanol–water partition coefficient (Wildman–Crippen LogP) is 2.57. The van der Waals surface area contributed by atoms with E-state index >= 15 is 0 Å². The molecule has 0 aliphatic carbocycles. The van der Waals surface area contributed by atoms with Gasteiger partial charge in [0.1, 0.15) is 6.17 Å². The normalized spacial score (nSPS) is 20.9. The molecular weight excluding hydrogens is 390 g/mol. The second-order valence-electron chi connectivity index (χ2n) is 2.81. The van der Waals surface area contributed by atoms with Crippen molar-refractivity contribution in [3.05, 3.63) is 30.9 Å². The van der Waals surface area contributed by atoms with Crippen LogP contribution in [0.4, 0.5) is 0 Å². The molecule has 1 N–H and O–H groups in total. The molecule has 0 fully saturated rings. The molecular formula is C9H8I2N2. The molecule has 1 unspecified atom stereocenters. The van der Waals surface area contributed by atoms with Crippen LogP contribution in [0.1, 0.15) is 11.7 Å². The van der Waals surface area contributed by atoms with Crippen LogP contribution in [0, 0.1) is 7.14 Å². The van der Waals surface area contributed by atoms with Gasteiger partial charge < -0.3 is 0 Å². The van der Waals surface area contributed by atoms with Crippen molar-refractivity contribution < 1.29 is 0 Å². The summed E-state index contributed by atoms with van der Waals surface area (Å²) in [7, 11) is 0. The summed E-state index contributed by atoms with van der Waals surface area (Å²) in [5, 5.41) is 3.31. The van der Waals surface area contributed by atoms with Crippen molar-refractivity contribution >= 4 is 51.4 Å². The fourth-order valence-electron chi connectivity index (χ4n) is 1.29. The molecule has 1 aliphatic heterocycles. The Kier molecular flexibility index (Phi) is 3.20. The highest BCUT2D eigenvalue weighted by atomic mass is 127. The van der Waals surface area contributed by atoms with Crippen molar-refractivity contribution in [1.82, 2.24) is 5.32 Å². The lowest BCUT2D eigenvalue weighted by atomic mass is 10.2. The first-order valence-corrected chi connectivity index (χ1v) is 6.13. The first-order chi connectivity index (χ1) is 6.27. The van der Waals surface area contributed by atoms with Gasteiger partial charge in [-0.2, -0.15) is 0 Å². The summed E-state index contributed by atoms with van der Waals surface area (Å²) >= 11 is 4.68. The van der Waals surface area contributed by atoms with E-state index in [0.29, 0.717) is 0 Å². The molecule has 0 spiro atoms. The molecule has 0 radical (unpaired) electrons. The van der Waals surface area contributed by atoms with Crippen LogP contribution >= 0.6 is 45.2 Å². The number of rotatable bonds is 1. The molecule has 1 heterocycles. The Morgan fingerprint density at radius 2 is 2.23 bits per heavy atom. The van der Waals surface area contributed by atoms with E-state index in [0.717, 1.165) is 6.54 Å². The van der Waals surface area contributed by atoms with Crippen LogP contribution in [0.5, 0.6) is 0 Å². The monoisotopic (exact) mass is 398 g/mol. The maximum atomic E-state index is 4.36. The molecule has 0 saturated heterocycles. The van der Waals surface area contributed by atoms with Crippen molar-refractivity contribution in [2.24, 2.45) is 4.99 Å². The van der Waals surface area contributed by atoms with Crippen molar-refractivity contribution in [2.45, 2.75) is 6.17 Å². The van der Waals surface area contributed by atoms with Gasteiger partial charge >= 0.3 is 0 Å². The van der Waals surface area contributed by atoms with Gasteiger partial charge in [0.25, 0.3) is 0 Å². The van der Waals surface area contributed by atoms with Gasteiger partial charge in [-0.25, -0.2) is 0 Å². The van der Waals surface area contributed by atoms with Crippen LogP contribution in [0.25, 0.3) is 0 Å². The van der Waals surface area contributed by atoms with Crippen LogP contribution in [0.3, 0.4) is 0 Å². The van der Waals surface area contributed by atoms with Gasteiger partial charge in [-0.15, -0.1) is 0 Å². The Morgan fingerprint density at radius 1 is 1.38 bits per heavy atom. The van der Waals surface area contributed by atoms with Crippen LogP contribution in [0.2, 0.25) is 0 Å². The maximum absolute atomic E-state index is 4.36. The van der Waals surface area contributed by atoms with Crippen molar-refractivity contribution in [2.75, 3.05) is 6.54 Å². The van der Waals surface area contributed by atoms with E-state index in [2.05, 4.69) is 73.7 Å². The number of hydrogen-bond donors (Lipinski definition) is 1. The molecule has 0 saturated carbocycles. The number of hydrogen-bond acceptors (Lipinski definition) is 2. The molecule has 1 aromatic carbocycles. The smallest absolute Gasteiger partial charge is 0.126 e. The second kappa shape index (κ2) is 4.22. The Morgan fingerprint density at radius 3 is 2.92 bits per heavy atom.